The molecule has 1 aromatic carbocycles. The topological polar surface area (TPSA) is 92.6 Å². The van der Waals surface area contributed by atoms with E-state index in [-0.39, 0.29) is 29.1 Å². The third-order valence-corrected chi connectivity index (χ3v) is 3.60. The number of thioether (sulfide) groups is 1. The van der Waals surface area contributed by atoms with Crippen LogP contribution in [0, 0.1) is 10.1 Å². The van der Waals surface area contributed by atoms with Gasteiger partial charge in [0.25, 0.3) is 10.9 Å². The van der Waals surface area contributed by atoms with Gasteiger partial charge in [0, 0.05) is 30.4 Å². The van der Waals surface area contributed by atoms with Crippen LogP contribution in [0.1, 0.15) is 5.56 Å². The number of imide groups is 1. The Morgan fingerprint density at radius 3 is 2.74 bits per heavy atom. The summed E-state index contributed by atoms with van der Waals surface area (Å²) in [7, 11) is 1.67. The lowest BCUT2D eigenvalue weighted by molar-refractivity contribution is -0.384. The predicted octanol–water partition coefficient (Wildman–Crippen LogP) is 1.83. The molecular weight excluding hydrogens is 270 g/mol. The SMILES string of the molecule is CNc1ccc([N+](=O)[O-])cc1CN1C(=O)CSC1=O. The minimum Gasteiger partial charge on any atom is -0.388 e. The molecule has 1 heterocycles. The van der Waals surface area contributed by atoms with Crippen molar-refractivity contribution in [3.63, 3.8) is 0 Å². The Bertz CT molecular complexity index is 545. The Hall–Kier alpha value is -2.09. The van der Waals surface area contributed by atoms with Crippen LogP contribution in [-0.2, 0) is 11.3 Å². The first kappa shape index (κ1) is 13.3. The van der Waals surface area contributed by atoms with Gasteiger partial charge < -0.3 is 5.32 Å². The zero-order valence-electron chi connectivity index (χ0n) is 10.1. The highest BCUT2D eigenvalue weighted by molar-refractivity contribution is 8.14. The van der Waals surface area contributed by atoms with Crippen molar-refractivity contribution in [3.05, 3.63) is 33.9 Å². The van der Waals surface area contributed by atoms with Gasteiger partial charge in [0.05, 0.1) is 17.2 Å². The van der Waals surface area contributed by atoms with Gasteiger partial charge in [-0.25, -0.2) is 0 Å². The smallest absolute Gasteiger partial charge is 0.289 e. The van der Waals surface area contributed by atoms with Gasteiger partial charge in [-0.3, -0.25) is 24.6 Å². The zero-order valence-corrected chi connectivity index (χ0v) is 10.9. The number of nitrogens with zero attached hydrogens (tertiary/aromatic N) is 2. The summed E-state index contributed by atoms with van der Waals surface area (Å²) in [5.74, 6) is -0.147. The van der Waals surface area contributed by atoms with Crippen LogP contribution in [0.2, 0.25) is 0 Å². The Labute approximate surface area is 113 Å². The van der Waals surface area contributed by atoms with E-state index in [1.54, 1.807) is 13.1 Å². The molecule has 1 N–H and O–H groups in total. The highest BCUT2D eigenvalue weighted by atomic mass is 32.2. The van der Waals surface area contributed by atoms with Crippen molar-refractivity contribution in [1.82, 2.24) is 4.90 Å². The first-order chi connectivity index (χ1) is 9.02. The first-order valence-corrected chi connectivity index (χ1v) is 6.43. The number of rotatable bonds is 4. The normalized spacial score (nSPS) is 14.9. The lowest BCUT2D eigenvalue weighted by Gasteiger charge is -2.15. The van der Waals surface area contributed by atoms with Crippen LogP contribution in [0.25, 0.3) is 0 Å². The van der Waals surface area contributed by atoms with E-state index in [9.17, 15) is 19.7 Å². The van der Waals surface area contributed by atoms with Crippen LogP contribution in [0.4, 0.5) is 16.2 Å². The summed E-state index contributed by atoms with van der Waals surface area (Å²) < 4.78 is 0. The van der Waals surface area contributed by atoms with Crippen molar-refractivity contribution >= 4 is 34.3 Å². The van der Waals surface area contributed by atoms with Gasteiger partial charge in [-0.1, -0.05) is 11.8 Å². The molecular formula is C11H11N3O4S. The van der Waals surface area contributed by atoms with Crippen LogP contribution < -0.4 is 5.32 Å². The molecule has 1 aliphatic rings. The van der Waals surface area contributed by atoms with Gasteiger partial charge >= 0.3 is 0 Å². The molecule has 0 aliphatic carbocycles. The van der Waals surface area contributed by atoms with E-state index in [1.807, 2.05) is 0 Å². The Balaban J connectivity index is 2.32. The van der Waals surface area contributed by atoms with Gasteiger partial charge in [0.1, 0.15) is 0 Å². The predicted molar refractivity (Wildman–Crippen MR) is 71.0 cm³/mol. The van der Waals surface area contributed by atoms with Crippen molar-refractivity contribution in [3.8, 4) is 0 Å². The Kier molecular flexibility index (Phi) is 3.70. The number of carbonyl (C=O) groups excluding carboxylic acids is 2. The maximum atomic E-state index is 11.5. The number of nitrogens with one attached hydrogen (secondary N) is 1. The zero-order chi connectivity index (χ0) is 14.0. The Morgan fingerprint density at radius 1 is 1.47 bits per heavy atom. The molecule has 0 radical (unpaired) electrons. The second-order valence-corrected chi connectivity index (χ2v) is 4.81. The number of nitro benzene ring substituents is 1. The summed E-state index contributed by atoms with van der Waals surface area (Å²) in [6.07, 6.45) is 0. The summed E-state index contributed by atoms with van der Waals surface area (Å²) in [6.45, 7) is 0.0442. The van der Waals surface area contributed by atoms with Gasteiger partial charge in [-0.15, -0.1) is 0 Å². The quantitative estimate of drug-likeness (QED) is 0.668. The number of anilines is 1. The fourth-order valence-corrected chi connectivity index (χ4v) is 2.50. The second-order valence-electron chi connectivity index (χ2n) is 3.88. The maximum absolute atomic E-state index is 11.5. The minimum atomic E-state index is -0.509. The van der Waals surface area contributed by atoms with Crippen molar-refractivity contribution in [2.24, 2.45) is 0 Å². The molecule has 0 aromatic heterocycles. The van der Waals surface area contributed by atoms with Crippen LogP contribution in [0.3, 0.4) is 0 Å². The number of carbonyl (C=O) groups is 2. The average molecular weight is 281 g/mol. The number of amides is 2. The standard InChI is InChI=1S/C11H11N3O4S/c1-12-9-3-2-8(14(17)18)4-7(9)5-13-10(15)6-19-11(13)16/h2-4,12H,5-6H2,1H3. The number of nitro groups is 1. The highest BCUT2D eigenvalue weighted by Crippen LogP contribution is 2.27. The van der Waals surface area contributed by atoms with Crippen LogP contribution in [0.15, 0.2) is 18.2 Å². The molecule has 0 unspecified atom stereocenters. The number of benzene rings is 1. The van der Waals surface area contributed by atoms with E-state index >= 15 is 0 Å². The molecule has 0 bridgehead atoms. The fraction of sp³-hybridized carbons (Fsp3) is 0.273. The summed E-state index contributed by atoms with van der Waals surface area (Å²) >= 11 is 0.940. The molecule has 0 saturated carbocycles. The van der Waals surface area contributed by atoms with E-state index in [2.05, 4.69) is 5.32 Å². The molecule has 0 spiro atoms. The van der Waals surface area contributed by atoms with Gasteiger partial charge in [-0.05, 0) is 6.07 Å². The molecule has 8 heteroatoms. The fourth-order valence-electron chi connectivity index (χ4n) is 1.77. The lowest BCUT2D eigenvalue weighted by Crippen LogP contribution is -2.28. The number of non-ortho nitro benzene ring substituents is 1. The van der Waals surface area contributed by atoms with Crippen LogP contribution in [-0.4, -0.2) is 33.8 Å². The largest absolute Gasteiger partial charge is 0.388 e. The second kappa shape index (κ2) is 5.27. The first-order valence-electron chi connectivity index (χ1n) is 5.45. The summed E-state index contributed by atoms with van der Waals surface area (Å²) in [4.78, 5) is 34.4. The Morgan fingerprint density at radius 2 is 2.21 bits per heavy atom. The number of hydrogen-bond donors (Lipinski definition) is 1. The van der Waals surface area contributed by atoms with Crippen LogP contribution >= 0.6 is 11.8 Å². The minimum absolute atomic E-state index is 0.0442. The van der Waals surface area contributed by atoms with E-state index in [1.165, 1.54) is 12.1 Å². The molecule has 19 heavy (non-hydrogen) atoms. The van der Waals surface area contributed by atoms with E-state index in [0.29, 0.717) is 11.3 Å². The van der Waals surface area contributed by atoms with Crippen molar-refractivity contribution in [2.75, 3.05) is 18.1 Å². The summed E-state index contributed by atoms with van der Waals surface area (Å²) in [6, 6.07) is 4.30. The van der Waals surface area contributed by atoms with Crippen LogP contribution in [0.5, 0.6) is 0 Å². The van der Waals surface area contributed by atoms with E-state index in [0.717, 1.165) is 16.7 Å². The maximum Gasteiger partial charge on any atom is 0.289 e. The van der Waals surface area contributed by atoms with Gasteiger partial charge in [0.15, 0.2) is 0 Å². The summed E-state index contributed by atoms with van der Waals surface area (Å²) in [5.41, 5.74) is 1.13. The average Bonchev–Trinajstić information content (AvgIpc) is 2.70. The molecule has 1 saturated heterocycles. The molecule has 1 aliphatic heterocycles. The monoisotopic (exact) mass is 281 g/mol. The van der Waals surface area contributed by atoms with Crippen molar-refractivity contribution in [2.45, 2.75) is 6.54 Å². The van der Waals surface area contributed by atoms with Gasteiger partial charge in [-0.2, -0.15) is 0 Å². The lowest BCUT2D eigenvalue weighted by atomic mass is 10.1. The highest BCUT2D eigenvalue weighted by Gasteiger charge is 2.30. The third kappa shape index (κ3) is 2.68. The molecule has 7 nitrogen and oxygen atoms in total. The molecule has 1 fully saturated rings. The molecule has 2 rings (SSSR count). The molecule has 100 valence electrons. The summed E-state index contributed by atoms with van der Waals surface area (Å²) in [5, 5.41) is 13.3. The van der Waals surface area contributed by atoms with E-state index < -0.39 is 4.92 Å². The van der Waals surface area contributed by atoms with E-state index in [4.69, 9.17) is 0 Å². The molecule has 2 amide bonds. The van der Waals surface area contributed by atoms with Crippen molar-refractivity contribution < 1.29 is 14.5 Å². The third-order valence-electron chi connectivity index (χ3n) is 2.74. The van der Waals surface area contributed by atoms with Gasteiger partial charge in [0.2, 0.25) is 5.91 Å². The molecule has 0 atom stereocenters. The number of hydrogen-bond acceptors (Lipinski definition) is 6. The van der Waals surface area contributed by atoms with Crippen molar-refractivity contribution in [1.29, 1.82) is 0 Å². The molecule has 1 aromatic rings.